The van der Waals surface area contributed by atoms with Crippen LogP contribution in [0.15, 0.2) is 24.3 Å². The molecule has 1 aliphatic rings. The molecule has 0 saturated heterocycles. The van der Waals surface area contributed by atoms with E-state index in [4.69, 9.17) is 11.6 Å². The van der Waals surface area contributed by atoms with Gasteiger partial charge in [-0.2, -0.15) is 5.26 Å². The predicted molar refractivity (Wildman–Crippen MR) is 92.5 cm³/mol. The molecule has 6 nitrogen and oxygen atoms in total. The van der Waals surface area contributed by atoms with Gasteiger partial charge in [0, 0.05) is 10.7 Å². The number of nitrogens with one attached hydrogen (secondary N) is 2. The third-order valence-electron chi connectivity index (χ3n) is 4.00. The first-order valence-electron chi connectivity index (χ1n) is 7.89. The number of rotatable bonds is 6. The highest BCUT2D eigenvalue weighted by Gasteiger charge is 2.35. The molecule has 1 fully saturated rings. The third-order valence-corrected chi connectivity index (χ3v) is 4.26. The molecular weight excluding hydrogens is 328 g/mol. The number of hydrogen-bond donors (Lipinski definition) is 2. The number of nitriles is 1. The Morgan fingerprint density at radius 3 is 2.38 bits per heavy atom. The molecule has 0 radical (unpaired) electrons. The summed E-state index contributed by atoms with van der Waals surface area (Å²) < 4.78 is 0. The predicted octanol–water partition coefficient (Wildman–Crippen LogP) is 2.16. The molecule has 1 aromatic rings. The summed E-state index contributed by atoms with van der Waals surface area (Å²) in [5.41, 5.74) is -0.0830. The van der Waals surface area contributed by atoms with E-state index in [0.29, 0.717) is 23.6 Å². The molecule has 1 saturated carbocycles. The molecule has 0 unspecified atom stereocenters. The van der Waals surface area contributed by atoms with Crippen LogP contribution in [0.1, 0.15) is 25.7 Å². The highest BCUT2D eigenvalue weighted by atomic mass is 35.5. The first-order chi connectivity index (χ1) is 11.4. The highest BCUT2D eigenvalue weighted by Crippen LogP contribution is 2.28. The Kier molecular flexibility index (Phi) is 6.18. The number of hydrogen-bond acceptors (Lipinski definition) is 4. The van der Waals surface area contributed by atoms with Crippen molar-refractivity contribution in [1.82, 2.24) is 10.2 Å². The summed E-state index contributed by atoms with van der Waals surface area (Å²) in [6.45, 7) is 0.146. The fraction of sp³-hybridized carbons (Fsp3) is 0.471. The molecule has 0 bridgehead atoms. The van der Waals surface area contributed by atoms with Crippen LogP contribution in [0.5, 0.6) is 0 Å². The van der Waals surface area contributed by atoms with Gasteiger partial charge in [0.2, 0.25) is 11.8 Å². The Morgan fingerprint density at radius 1 is 1.21 bits per heavy atom. The SMILES string of the molecule is CN(CC(=O)Nc1ccc(Cl)cc1)CC(=O)NC1(C#N)CCCC1. The van der Waals surface area contributed by atoms with E-state index in [-0.39, 0.29) is 24.9 Å². The second-order valence-electron chi connectivity index (χ2n) is 6.18. The molecule has 0 heterocycles. The van der Waals surface area contributed by atoms with E-state index in [1.807, 2.05) is 0 Å². The summed E-state index contributed by atoms with van der Waals surface area (Å²) >= 11 is 5.79. The van der Waals surface area contributed by atoms with Crippen LogP contribution in [-0.2, 0) is 9.59 Å². The van der Waals surface area contributed by atoms with E-state index >= 15 is 0 Å². The molecule has 1 aliphatic carbocycles. The zero-order valence-corrected chi connectivity index (χ0v) is 14.4. The summed E-state index contributed by atoms with van der Waals surface area (Å²) in [6, 6.07) is 9.03. The van der Waals surface area contributed by atoms with Gasteiger partial charge >= 0.3 is 0 Å². The van der Waals surface area contributed by atoms with Crippen molar-refractivity contribution in [3.8, 4) is 6.07 Å². The van der Waals surface area contributed by atoms with Crippen molar-refractivity contribution in [1.29, 1.82) is 5.26 Å². The van der Waals surface area contributed by atoms with E-state index in [1.165, 1.54) is 0 Å². The van der Waals surface area contributed by atoms with Gasteiger partial charge in [0.15, 0.2) is 0 Å². The minimum absolute atomic E-state index is 0.0669. The lowest BCUT2D eigenvalue weighted by Gasteiger charge is -2.24. The number of carbonyl (C=O) groups is 2. The Balaban J connectivity index is 1.78. The van der Waals surface area contributed by atoms with Gasteiger partial charge < -0.3 is 10.6 Å². The van der Waals surface area contributed by atoms with Crippen LogP contribution in [0.4, 0.5) is 5.69 Å². The van der Waals surface area contributed by atoms with Crippen molar-refractivity contribution in [3.05, 3.63) is 29.3 Å². The average Bonchev–Trinajstić information content (AvgIpc) is 2.98. The van der Waals surface area contributed by atoms with Crippen molar-refractivity contribution in [2.45, 2.75) is 31.2 Å². The quantitative estimate of drug-likeness (QED) is 0.825. The Labute approximate surface area is 146 Å². The molecule has 0 aliphatic heterocycles. The molecular formula is C17H21ClN4O2. The molecule has 7 heteroatoms. The van der Waals surface area contributed by atoms with Crippen molar-refractivity contribution >= 4 is 29.1 Å². The second-order valence-corrected chi connectivity index (χ2v) is 6.61. The third kappa shape index (κ3) is 5.22. The van der Waals surface area contributed by atoms with Gasteiger partial charge in [-0.15, -0.1) is 0 Å². The van der Waals surface area contributed by atoms with Gasteiger partial charge in [-0.05, 0) is 57.0 Å². The smallest absolute Gasteiger partial charge is 0.238 e. The number of anilines is 1. The molecule has 128 valence electrons. The minimum atomic E-state index is -0.733. The van der Waals surface area contributed by atoms with E-state index in [9.17, 15) is 14.9 Å². The lowest BCUT2D eigenvalue weighted by molar-refractivity contribution is -0.124. The number of benzene rings is 1. The number of nitrogens with zero attached hydrogens (tertiary/aromatic N) is 2. The molecule has 2 rings (SSSR count). The standard InChI is InChI=1S/C17H21ClN4O2/c1-22(10-15(23)20-14-6-4-13(18)5-7-14)11-16(24)21-17(12-19)8-2-3-9-17/h4-7H,2-3,8-11H2,1H3,(H,20,23)(H,21,24). The van der Waals surface area contributed by atoms with Gasteiger partial charge in [0.1, 0.15) is 5.54 Å². The number of halogens is 1. The maximum atomic E-state index is 12.1. The molecule has 2 N–H and O–H groups in total. The van der Waals surface area contributed by atoms with Crippen molar-refractivity contribution in [2.75, 3.05) is 25.5 Å². The first kappa shape index (κ1) is 18.2. The lowest BCUT2D eigenvalue weighted by atomic mass is 10.00. The van der Waals surface area contributed by atoms with Gasteiger partial charge in [0.05, 0.1) is 19.2 Å². The van der Waals surface area contributed by atoms with Gasteiger partial charge in [-0.25, -0.2) is 0 Å². The monoisotopic (exact) mass is 348 g/mol. The van der Waals surface area contributed by atoms with Gasteiger partial charge in [-0.3, -0.25) is 14.5 Å². The Hall–Kier alpha value is -2.10. The van der Waals surface area contributed by atoms with Crippen LogP contribution >= 0.6 is 11.6 Å². The largest absolute Gasteiger partial charge is 0.337 e. The topological polar surface area (TPSA) is 85.2 Å². The number of amides is 2. The highest BCUT2D eigenvalue weighted by molar-refractivity contribution is 6.30. The van der Waals surface area contributed by atoms with E-state index < -0.39 is 5.54 Å². The molecule has 24 heavy (non-hydrogen) atoms. The van der Waals surface area contributed by atoms with Crippen molar-refractivity contribution in [3.63, 3.8) is 0 Å². The van der Waals surface area contributed by atoms with Gasteiger partial charge in [-0.1, -0.05) is 11.6 Å². The minimum Gasteiger partial charge on any atom is -0.337 e. The van der Waals surface area contributed by atoms with E-state index in [0.717, 1.165) is 12.8 Å². The van der Waals surface area contributed by atoms with Crippen molar-refractivity contribution in [2.24, 2.45) is 0 Å². The van der Waals surface area contributed by atoms with E-state index in [1.54, 1.807) is 36.2 Å². The number of carbonyl (C=O) groups excluding carboxylic acids is 2. The molecule has 0 aromatic heterocycles. The fourth-order valence-corrected chi connectivity index (χ4v) is 2.96. The normalized spacial score (nSPS) is 15.8. The Bertz CT molecular complexity index is 633. The van der Waals surface area contributed by atoms with Crippen LogP contribution in [0.2, 0.25) is 5.02 Å². The zero-order valence-electron chi connectivity index (χ0n) is 13.6. The lowest BCUT2D eigenvalue weighted by Crippen LogP contribution is -2.49. The molecule has 1 aromatic carbocycles. The van der Waals surface area contributed by atoms with Crippen LogP contribution in [0, 0.1) is 11.3 Å². The summed E-state index contributed by atoms with van der Waals surface area (Å²) in [5.74, 6) is -0.455. The van der Waals surface area contributed by atoms with Crippen LogP contribution in [0.25, 0.3) is 0 Å². The first-order valence-corrected chi connectivity index (χ1v) is 8.26. The average molecular weight is 349 g/mol. The maximum absolute atomic E-state index is 12.1. The second kappa shape index (κ2) is 8.13. The number of likely N-dealkylation sites (N-methyl/N-ethyl adjacent to an activating group) is 1. The molecule has 0 atom stereocenters. The fourth-order valence-electron chi connectivity index (χ4n) is 2.83. The van der Waals surface area contributed by atoms with Crippen LogP contribution < -0.4 is 10.6 Å². The summed E-state index contributed by atoms with van der Waals surface area (Å²) in [4.78, 5) is 25.7. The van der Waals surface area contributed by atoms with E-state index in [2.05, 4.69) is 16.7 Å². The van der Waals surface area contributed by atoms with Crippen LogP contribution in [0.3, 0.4) is 0 Å². The molecule has 2 amide bonds. The van der Waals surface area contributed by atoms with Gasteiger partial charge in [0.25, 0.3) is 0 Å². The van der Waals surface area contributed by atoms with Crippen molar-refractivity contribution < 1.29 is 9.59 Å². The zero-order chi connectivity index (χ0) is 17.6. The summed E-state index contributed by atoms with van der Waals surface area (Å²) in [6.07, 6.45) is 3.28. The van der Waals surface area contributed by atoms with Crippen LogP contribution in [-0.4, -0.2) is 42.4 Å². The summed E-state index contributed by atoms with van der Waals surface area (Å²) in [5, 5.41) is 15.4. The maximum Gasteiger partial charge on any atom is 0.238 e. The summed E-state index contributed by atoms with van der Waals surface area (Å²) in [7, 11) is 1.69. The molecule has 0 spiro atoms. The Morgan fingerprint density at radius 2 is 1.79 bits per heavy atom.